The quantitative estimate of drug-likeness (QED) is 0.259. The molecule has 8 heteroatoms. The van der Waals surface area contributed by atoms with Crippen molar-refractivity contribution >= 4 is 23.5 Å². The van der Waals surface area contributed by atoms with Crippen molar-refractivity contribution in [1.29, 1.82) is 0 Å². The van der Waals surface area contributed by atoms with E-state index in [2.05, 4.69) is 52.6 Å². The zero-order valence-corrected chi connectivity index (χ0v) is 23.1. The number of ether oxygens (including phenoxy) is 1. The summed E-state index contributed by atoms with van der Waals surface area (Å²) in [6.07, 6.45) is 0.800. The van der Waals surface area contributed by atoms with Gasteiger partial charge in [0.2, 0.25) is 5.91 Å². The zero-order valence-electron chi connectivity index (χ0n) is 22.3. The van der Waals surface area contributed by atoms with Gasteiger partial charge < -0.3 is 19.4 Å². The smallest absolute Gasteiger partial charge is 0.233 e. The molecule has 1 aromatic heterocycles. The number of thioether (sulfide) groups is 1. The van der Waals surface area contributed by atoms with E-state index in [-0.39, 0.29) is 5.91 Å². The molecule has 1 aliphatic heterocycles. The second-order valence-corrected chi connectivity index (χ2v) is 10.4. The van der Waals surface area contributed by atoms with Crippen molar-refractivity contribution in [3.63, 3.8) is 0 Å². The summed E-state index contributed by atoms with van der Waals surface area (Å²) in [7, 11) is 1.71. The third kappa shape index (κ3) is 7.15. The maximum Gasteiger partial charge on any atom is 0.233 e. The number of amides is 1. The first-order valence-corrected chi connectivity index (χ1v) is 14.1. The fourth-order valence-electron chi connectivity index (χ4n) is 4.72. The lowest BCUT2D eigenvalue weighted by Crippen LogP contribution is -2.47. The van der Waals surface area contributed by atoms with Gasteiger partial charge in [-0.15, -0.1) is 11.8 Å². The van der Waals surface area contributed by atoms with E-state index in [9.17, 15) is 4.79 Å². The molecular formula is C29H39N5O2S. The SMILES string of the molecule is CCN1CCN(c2c(CN(CCCOC)C(=O)CSc3ccccc3)c(C)nn2-c2ccccc2)CC1. The normalized spacial score (nSPS) is 14.2. The van der Waals surface area contributed by atoms with E-state index in [1.165, 1.54) is 0 Å². The van der Waals surface area contributed by atoms with Crippen molar-refractivity contribution < 1.29 is 9.53 Å². The van der Waals surface area contributed by atoms with Gasteiger partial charge in [0.15, 0.2) is 0 Å². The molecule has 2 aromatic carbocycles. The molecule has 0 aliphatic carbocycles. The summed E-state index contributed by atoms with van der Waals surface area (Å²) in [5, 5.41) is 4.99. The van der Waals surface area contributed by atoms with Crippen molar-refractivity contribution in [2.45, 2.75) is 31.7 Å². The van der Waals surface area contributed by atoms with Crippen molar-refractivity contribution in [3.8, 4) is 5.69 Å². The van der Waals surface area contributed by atoms with Crippen molar-refractivity contribution in [1.82, 2.24) is 19.6 Å². The van der Waals surface area contributed by atoms with Gasteiger partial charge in [-0.1, -0.05) is 43.3 Å². The van der Waals surface area contributed by atoms with E-state index in [4.69, 9.17) is 9.84 Å². The van der Waals surface area contributed by atoms with E-state index in [0.29, 0.717) is 25.4 Å². The topological polar surface area (TPSA) is 53.8 Å². The van der Waals surface area contributed by atoms with Crippen LogP contribution in [0.5, 0.6) is 0 Å². The second-order valence-electron chi connectivity index (χ2n) is 9.32. The van der Waals surface area contributed by atoms with Gasteiger partial charge >= 0.3 is 0 Å². The minimum absolute atomic E-state index is 0.138. The van der Waals surface area contributed by atoms with E-state index >= 15 is 0 Å². The second kappa shape index (κ2) is 13.7. The molecule has 0 bridgehead atoms. The highest BCUT2D eigenvalue weighted by Crippen LogP contribution is 2.30. The molecule has 1 fully saturated rings. The summed E-state index contributed by atoms with van der Waals surface area (Å²) in [5.41, 5.74) is 3.14. The van der Waals surface area contributed by atoms with Crippen LogP contribution in [-0.4, -0.2) is 84.2 Å². The molecule has 0 spiro atoms. The Morgan fingerprint density at radius 2 is 1.70 bits per heavy atom. The largest absolute Gasteiger partial charge is 0.385 e. The Labute approximate surface area is 225 Å². The van der Waals surface area contributed by atoms with Crippen LogP contribution in [0.3, 0.4) is 0 Å². The van der Waals surface area contributed by atoms with E-state index < -0.39 is 0 Å². The van der Waals surface area contributed by atoms with Gasteiger partial charge in [-0.3, -0.25) is 4.79 Å². The van der Waals surface area contributed by atoms with Crippen LogP contribution in [0, 0.1) is 6.92 Å². The maximum atomic E-state index is 13.5. The summed E-state index contributed by atoms with van der Waals surface area (Å²) in [6.45, 7) is 11.1. The van der Waals surface area contributed by atoms with Crippen molar-refractivity contribution in [2.75, 3.05) is 63.6 Å². The molecule has 1 aliphatic rings. The Bertz CT molecular complexity index is 1110. The average molecular weight is 522 g/mol. The Balaban J connectivity index is 1.62. The fraction of sp³-hybridized carbons (Fsp3) is 0.448. The molecule has 37 heavy (non-hydrogen) atoms. The molecule has 0 unspecified atom stereocenters. The lowest BCUT2D eigenvalue weighted by Gasteiger charge is -2.36. The van der Waals surface area contributed by atoms with E-state index in [1.54, 1.807) is 18.9 Å². The Morgan fingerprint density at radius 3 is 2.35 bits per heavy atom. The summed E-state index contributed by atoms with van der Waals surface area (Å²) in [5.74, 6) is 1.66. The lowest BCUT2D eigenvalue weighted by molar-refractivity contribution is -0.129. The van der Waals surface area contributed by atoms with Crippen LogP contribution in [0.2, 0.25) is 0 Å². The van der Waals surface area contributed by atoms with Gasteiger partial charge in [-0.2, -0.15) is 5.10 Å². The first kappa shape index (κ1) is 27.2. The molecule has 0 N–H and O–H groups in total. The number of aromatic nitrogens is 2. The van der Waals surface area contributed by atoms with Crippen LogP contribution in [0.1, 0.15) is 24.6 Å². The number of hydrogen-bond donors (Lipinski definition) is 0. The van der Waals surface area contributed by atoms with Crippen LogP contribution in [-0.2, 0) is 16.1 Å². The van der Waals surface area contributed by atoms with E-state index in [0.717, 1.165) is 66.8 Å². The third-order valence-electron chi connectivity index (χ3n) is 6.86. The van der Waals surface area contributed by atoms with Gasteiger partial charge in [0.25, 0.3) is 0 Å². The molecule has 0 radical (unpaired) electrons. The molecule has 198 valence electrons. The number of anilines is 1. The van der Waals surface area contributed by atoms with Crippen LogP contribution < -0.4 is 4.90 Å². The highest BCUT2D eigenvalue weighted by Gasteiger charge is 2.27. The number of piperazine rings is 1. The summed E-state index contributed by atoms with van der Waals surface area (Å²) in [4.78, 5) is 21.5. The predicted octanol–water partition coefficient (Wildman–Crippen LogP) is 4.48. The molecule has 2 heterocycles. The number of hydrogen-bond acceptors (Lipinski definition) is 6. The molecular weight excluding hydrogens is 482 g/mol. The Kier molecular flexibility index (Phi) is 10.0. The first-order chi connectivity index (χ1) is 18.1. The highest BCUT2D eigenvalue weighted by molar-refractivity contribution is 8.00. The predicted molar refractivity (Wildman–Crippen MR) is 152 cm³/mol. The average Bonchev–Trinajstić information content (AvgIpc) is 3.27. The molecule has 0 atom stereocenters. The van der Waals surface area contributed by atoms with Crippen LogP contribution in [0.15, 0.2) is 65.6 Å². The maximum absolute atomic E-state index is 13.5. The molecule has 1 amide bonds. The molecule has 1 saturated heterocycles. The summed E-state index contributed by atoms with van der Waals surface area (Å²) >= 11 is 1.59. The monoisotopic (exact) mass is 521 g/mol. The third-order valence-corrected chi connectivity index (χ3v) is 7.86. The number of rotatable bonds is 12. The number of carbonyl (C=O) groups is 1. The summed E-state index contributed by atoms with van der Waals surface area (Å²) < 4.78 is 7.38. The highest BCUT2D eigenvalue weighted by atomic mass is 32.2. The Hall–Kier alpha value is -2.81. The number of methoxy groups -OCH3 is 1. The Morgan fingerprint density at radius 1 is 1.03 bits per heavy atom. The van der Waals surface area contributed by atoms with Crippen LogP contribution >= 0.6 is 11.8 Å². The molecule has 7 nitrogen and oxygen atoms in total. The van der Waals surface area contributed by atoms with Gasteiger partial charge in [-0.25, -0.2) is 4.68 Å². The van der Waals surface area contributed by atoms with Crippen LogP contribution in [0.25, 0.3) is 5.69 Å². The number of aryl methyl sites for hydroxylation is 1. The number of likely N-dealkylation sites (N-methyl/N-ethyl adjacent to an activating group) is 1. The fourth-order valence-corrected chi connectivity index (χ4v) is 5.54. The number of benzene rings is 2. The van der Waals surface area contributed by atoms with Crippen LogP contribution in [0.4, 0.5) is 5.82 Å². The van der Waals surface area contributed by atoms with Crippen molar-refractivity contribution in [2.24, 2.45) is 0 Å². The van der Waals surface area contributed by atoms with Gasteiger partial charge in [0.05, 0.1) is 23.7 Å². The molecule has 4 rings (SSSR count). The minimum Gasteiger partial charge on any atom is -0.385 e. The lowest BCUT2D eigenvalue weighted by atomic mass is 10.1. The number of para-hydroxylation sites is 1. The van der Waals surface area contributed by atoms with Crippen molar-refractivity contribution in [3.05, 3.63) is 71.9 Å². The van der Waals surface area contributed by atoms with E-state index in [1.807, 2.05) is 41.3 Å². The van der Waals surface area contributed by atoms with Gasteiger partial charge in [0.1, 0.15) is 5.82 Å². The van der Waals surface area contributed by atoms with Gasteiger partial charge in [-0.05, 0) is 44.2 Å². The number of nitrogens with zero attached hydrogens (tertiary/aromatic N) is 5. The minimum atomic E-state index is 0.138. The standard InChI is InChI=1S/C29H39N5O2S/c1-4-31-17-19-32(20-18-31)29-27(24(2)30-34(29)25-12-7-5-8-13-25)22-33(16-11-21-36-3)28(35)23-37-26-14-9-6-10-15-26/h5-10,12-15H,4,11,16-23H2,1-3H3. The molecule has 0 saturated carbocycles. The first-order valence-electron chi connectivity index (χ1n) is 13.2. The van der Waals surface area contributed by atoms with Gasteiger partial charge in [0, 0.05) is 56.9 Å². The number of carbonyl (C=O) groups excluding carboxylic acids is 1. The molecule has 3 aromatic rings. The zero-order chi connectivity index (χ0) is 26.0. The summed E-state index contributed by atoms with van der Waals surface area (Å²) in [6, 6.07) is 20.4.